The van der Waals surface area contributed by atoms with Crippen LogP contribution >= 0.6 is 0 Å². The van der Waals surface area contributed by atoms with E-state index in [-0.39, 0.29) is 11.5 Å². The number of nitrogens with one attached hydrogen (secondary N) is 1. The molecule has 110 valence electrons. The van der Waals surface area contributed by atoms with Gasteiger partial charge in [0, 0.05) is 5.56 Å². The molecule has 0 heterocycles. The topological polar surface area (TPSA) is 64.6 Å². The molecule has 0 aromatic heterocycles. The Balaban J connectivity index is 2.57. The van der Waals surface area contributed by atoms with Crippen LogP contribution in [0.25, 0.3) is 0 Å². The first-order chi connectivity index (χ1) is 9.35. The molecule has 1 aromatic rings. The monoisotopic (exact) mass is 291 g/mol. The van der Waals surface area contributed by atoms with Crippen molar-refractivity contribution in [3.63, 3.8) is 0 Å². The van der Waals surface area contributed by atoms with Crippen LogP contribution < -0.4 is 14.8 Å². The van der Waals surface area contributed by atoms with E-state index in [0.717, 1.165) is 0 Å². The molecule has 1 amide bonds. The molecule has 0 atom stereocenters. The van der Waals surface area contributed by atoms with Gasteiger partial charge in [0.15, 0.2) is 18.1 Å². The molecular weight excluding hydrogens is 279 g/mol. The lowest BCUT2D eigenvalue weighted by molar-refractivity contribution is -0.139. The number of hydrogen-bond acceptors (Lipinski definition) is 4. The van der Waals surface area contributed by atoms with Crippen molar-refractivity contribution < 1.29 is 32.2 Å². The lowest BCUT2D eigenvalue weighted by Crippen LogP contribution is -2.36. The quantitative estimate of drug-likeness (QED) is 0.808. The van der Waals surface area contributed by atoms with Gasteiger partial charge < -0.3 is 14.8 Å². The Morgan fingerprint density at radius 1 is 1.35 bits per heavy atom. The zero-order valence-corrected chi connectivity index (χ0v) is 10.5. The fourth-order valence-electron chi connectivity index (χ4n) is 1.27. The van der Waals surface area contributed by atoms with Crippen LogP contribution in [0.2, 0.25) is 0 Å². The number of carbonyl (C=O) groups is 2. The number of benzene rings is 1. The minimum Gasteiger partial charge on any atom is -0.493 e. The maximum Gasteiger partial charge on any atom is 0.405 e. The molecule has 20 heavy (non-hydrogen) atoms. The smallest absolute Gasteiger partial charge is 0.405 e. The number of alkyl halides is 3. The SMILES string of the molecule is COc1cc(C=O)ccc1OCC(=O)NCC(F)(F)F. The van der Waals surface area contributed by atoms with Crippen LogP contribution in [0.5, 0.6) is 11.5 Å². The van der Waals surface area contributed by atoms with Gasteiger partial charge in [0.1, 0.15) is 12.8 Å². The maximum absolute atomic E-state index is 11.9. The Kier molecular flexibility index (Phi) is 5.36. The molecule has 0 bridgehead atoms. The van der Waals surface area contributed by atoms with E-state index in [4.69, 9.17) is 9.47 Å². The third-order valence-electron chi connectivity index (χ3n) is 2.17. The van der Waals surface area contributed by atoms with Crippen LogP contribution in [0.4, 0.5) is 13.2 Å². The summed E-state index contributed by atoms with van der Waals surface area (Å²) >= 11 is 0. The van der Waals surface area contributed by atoms with E-state index in [1.807, 2.05) is 0 Å². The zero-order chi connectivity index (χ0) is 15.2. The molecule has 0 aliphatic rings. The number of aldehydes is 1. The van der Waals surface area contributed by atoms with Crippen molar-refractivity contribution in [1.29, 1.82) is 0 Å². The molecule has 5 nitrogen and oxygen atoms in total. The highest BCUT2D eigenvalue weighted by Gasteiger charge is 2.27. The van der Waals surface area contributed by atoms with E-state index in [2.05, 4.69) is 0 Å². The number of methoxy groups -OCH3 is 1. The number of hydrogen-bond donors (Lipinski definition) is 1. The number of amides is 1. The van der Waals surface area contributed by atoms with Crippen LogP contribution in [0.15, 0.2) is 18.2 Å². The molecule has 0 aliphatic heterocycles. The third-order valence-corrected chi connectivity index (χ3v) is 2.17. The molecular formula is C12H12F3NO4. The van der Waals surface area contributed by atoms with E-state index in [1.54, 1.807) is 5.32 Å². The molecule has 1 aromatic carbocycles. The zero-order valence-electron chi connectivity index (χ0n) is 10.5. The Hall–Kier alpha value is -2.25. The summed E-state index contributed by atoms with van der Waals surface area (Å²) in [7, 11) is 1.33. The van der Waals surface area contributed by atoms with Gasteiger partial charge in [-0.05, 0) is 18.2 Å². The van der Waals surface area contributed by atoms with E-state index in [1.165, 1.54) is 25.3 Å². The lowest BCUT2D eigenvalue weighted by Gasteiger charge is -2.12. The summed E-state index contributed by atoms with van der Waals surface area (Å²) < 4.78 is 45.6. The van der Waals surface area contributed by atoms with Crippen molar-refractivity contribution in [3.8, 4) is 11.5 Å². The molecule has 0 aliphatic carbocycles. The average molecular weight is 291 g/mol. The first-order valence-corrected chi connectivity index (χ1v) is 5.45. The molecule has 0 saturated heterocycles. The summed E-state index contributed by atoms with van der Waals surface area (Å²) in [6.07, 6.45) is -3.87. The Labute approximate surface area is 112 Å². The van der Waals surface area contributed by atoms with Crippen LogP contribution in [-0.2, 0) is 4.79 Å². The van der Waals surface area contributed by atoms with Crippen molar-refractivity contribution in [2.75, 3.05) is 20.3 Å². The minimum absolute atomic E-state index is 0.153. The summed E-state index contributed by atoms with van der Waals surface area (Å²) in [5.41, 5.74) is 0.343. The van der Waals surface area contributed by atoms with Crippen molar-refractivity contribution in [2.24, 2.45) is 0 Å². The van der Waals surface area contributed by atoms with Gasteiger partial charge in [0.25, 0.3) is 5.91 Å². The van der Waals surface area contributed by atoms with Crippen LogP contribution in [0.1, 0.15) is 10.4 Å². The maximum atomic E-state index is 11.9. The Morgan fingerprint density at radius 3 is 2.60 bits per heavy atom. The molecule has 8 heteroatoms. The van der Waals surface area contributed by atoms with Crippen molar-refractivity contribution in [1.82, 2.24) is 5.32 Å². The van der Waals surface area contributed by atoms with Crippen LogP contribution in [0, 0.1) is 0 Å². The second-order valence-corrected chi connectivity index (χ2v) is 3.71. The largest absolute Gasteiger partial charge is 0.493 e. The van der Waals surface area contributed by atoms with Gasteiger partial charge in [0.05, 0.1) is 7.11 Å². The van der Waals surface area contributed by atoms with Gasteiger partial charge >= 0.3 is 6.18 Å². The van der Waals surface area contributed by atoms with Crippen LogP contribution in [-0.4, -0.2) is 38.6 Å². The lowest BCUT2D eigenvalue weighted by atomic mass is 10.2. The molecule has 0 fully saturated rings. The number of carbonyl (C=O) groups excluding carboxylic acids is 2. The number of rotatable bonds is 6. The summed E-state index contributed by atoms with van der Waals surface area (Å²) in [6.45, 7) is -2.01. The first-order valence-electron chi connectivity index (χ1n) is 5.45. The normalized spacial score (nSPS) is 10.8. The Bertz CT molecular complexity index is 488. The van der Waals surface area contributed by atoms with Gasteiger partial charge in [-0.15, -0.1) is 0 Å². The molecule has 1 N–H and O–H groups in total. The number of ether oxygens (including phenoxy) is 2. The average Bonchev–Trinajstić information content (AvgIpc) is 2.41. The van der Waals surface area contributed by atoms with Crippen molar-refractivity contribution >= 4 is 12.2 Å². The van der Waals surface area contributed by atoms with E-state index in [9.17, 15) is 22.8 Å². The summed E-state index contributed by atoms with van der Waals surface area (Å²) in [4.78, 5) is 21.7. The molecule has 1 rings (SSSR count). The molecule has 0 saturated carbocycles. The van der Waals surface area contributed by atoms with Gasteiger partial charge in [-0.2, -0.15) is 13.2 Å². The van der Waals surface area contributed by atoms with Gasteiger partial charge in [-0.3, -0.25) is 9.59 Å². The fraction of sp³-hybridized carbons (Fsp3) is 0.333. The third kappa shape index (κ3) is 5.17. The number of halogens is 3. The molecule has 0 spiro atoms. The van der Waals surface area contributed by atoms with Gasteiger partial charge in [-0.1, -0.05) is 0 Å². The predicted octanol–water partition coefficient (Wildman–Crippen LogP) is 1.56. The van der Waals surface area contributed by atoms with Crippen molar-refractivity contribution in [2.45, 2.75) is 6.18 Å². The first kappa shape index (κ1) is 15.8. The fourth-order valence-corrected chi connectivity index (χ4v) is 1.27. The Morgan fingerprint density at radius 2 is 2.05 bits per heavy atom. The van der Waals surface area contributed by atoms with E-state index < -0.39 is 25.2 Å². The summed E-state index contributed by atoms with van der Waals surface area (Å²) in [6, 6.07) is 4.20. The highest BCUT2D eigenvalue weighted by molar-refractivity contribution is 5.78. The van der Waals surface area contributed by atoms with E-state index in [0.29, 0.717) is 11.8 Å². The van der Waals surface area contributed by atoms with Gasteiger partial charge in [-0.25, -0.2) is 0 Å². The predicted molar refractivity (Wildman–Crippen MR) is 62.9 cm³/mol. The molecule has 0 unspecified atom stereocenters. The van der Waals surface area contributed by atoms with Crippen molar-refractivity contribution in [3.05, 3.63) is 23.8 Å². The highest BCUT2D eigenvalue weighted by Crippen LogP contribution is 2.27. The van der Waals surface area contributed by atoms with Gasteiger partial charge in [0.2, 0.25) is 0 Å². The summed E-state index contributed by atoms with van der Waals surface area (Å²) in [5.74, 6) is -0.553. The summed E-state index contributed by atoms with van der Waals surface area (Å²) in [5, 5.41) is 1.67. The minimum atomic E-state index is -4.47. The standard InChI is InChI=1S/C12H12F3NO4/c1-19-10-4-8(5-17)2-3-9(10)20-6-11(18)16-7-12(13,14)15/h2-5H,6-7H2,1H3,(H,16,18). The van der Waals surface area contributed by atoms with E-state index >= 15 is 0 Å². The second-order valence-electron chi connectivity index (χ2n) is 3.71. The highest BCUT2D eigenvalue weighted by atomic mass is 19.4. The van der Waals surface area contributed by atoms with Crippen LogP contribution in [0.3, 0.4) is 0 Å². The molecule has 0 radical (unpaired) electrons. The second kappa shape index (κ2) is 6.78.